The number of nitrogens with zero attached hydrogens (tertiary/aromatic N) is 1. The maximum Gasteiger partial charge on any atom is 0.254 e. The van der Waals surface area contributed by atoms with Gasteiger partial charge in [0.15, 0.2) is 0 Å². The Morgan fingerprint density at radius 3 is 2.64 bits per heavy atom. The van der Waals surface area contributed by atoms with Gasteiger partial charge in [-0.3, -0.25) is 9.59 Å². The van der Waals surface area contributed by atoms with E-state index in [1.54, 1.807) is 11.3 Å². The van der Waals surface area contributed by atoms with Gasteiger partial charge >= 0.3 is 0 Å². The Balaban J connectivity index is 1.74. The molecule has 1 unspecified atom stereocenters. The molecule has 0 radical (unpaired) electrons. The van der Waals surface area contributed by atoms with Crippen LogP contribution in [0.4, 0.5) is 0 Å². The number of rotatable bonds is 5. The molecule has 1 saturated heterocycles. The van der Waals surface area contributed by atoms with Crippen molar-refractivity contribution in [2.45, 2.75) is 47.0 Å². The first-order chi connectivity index (χ1) is 13.4. The molecule has 2 aliphatic heterocycles. The topological polar surface area (TPSA) is 70.6 Å². The fraction of sp³-hybridized carbons (Fsp3) is 0.500. The second-order valence-corrected chi connectivity index (χ2v) is 8.41. The van der Waals surface area contributed by atoms with Gasteiger partial charge in [-0.15, -0.1) is 11.3 Å². The fourth-order valence-corrected chi connectivity index (χ4v) is 5.22. The molecular weight excluding hydrogens is 370 g/mol. The van der Waals surface area contributed by atoms with E-state index in [2.05, 4.69) is 22.5 Å². The maximum absolute atomic E-state index is 12.8. The Morgan fingerprint density at radius 1 is 1.29 bits per heavy atom. The number of dihydropyridines is 1. The van der Waals surface area contributed by atoms with Gasteiger partial charge in [-0.25, -0.2) is 4.99 Å². The summed E-state index contributed by atoms with van der Waals surface area (Å²) < 4.78 is 0. The van der Waals surface area contributed by atoms with Crippen LogP contribution in [0.25, 0.3) is 5.57 Å². The second-order valence-electron chi connectivity index (χ2n) is 7.53. The van der Waals surface area contributed by atoms with E-state index in [9.17, 15) is 9.59 Å². The summed E-state index contributed by atoms with van der Waals surface area (Å²) in [4.78, 5) is 30.2. The highest BCUT2D eigenvalue weighted by atomic mass is 32.1. The first-order valence-electron chi connectivity index (χ1n) is 9.98. The fourth-order valence-electron chi connectivity index (χ4n) is 3.99. The van der Waals surface area contributed by atoms with Crippen LogP contribution >= 0.6 is 11.3 Å². The summed E-state index contributed by atoms with van der Waals surface area (Å²) >= 11 is 1.65. The molecule has 0 spiro atoms. The summed E-state index contributed by atoms with van der Waals surface area (Å²) in [6.07, 6.45) is 5.05. The lowest BCUT2D eigenvalue weighted by Gasteiger charge is -2.20. The van der Waals surface area contributed by atoms with Crippen LogP contribution in [-0.2, 0) is 4.79 Å². The predicted octanol–water partition coefficient (Wildman–Crippen LogP) is 3.90. The van der Waals surface area contributed by atoms with Crippen molar-refractivity contribution in [2.24, 2.45) is 10.9 Å². The summed E-state index contributed by atoms with van der Waals surface area (Å²) in [6, 6.07) is 0. The molecule has 2 N–H and O–H groups in total. The second kappa shape index (κ2) is 8.97. The number of aliphatic imine (C=N–C) groups is 1. The number of nitrogens with one attached hydrogen (secondary N) is 2. The van der Waals surface area contributed by atoms with Crippen LogP contribution in [0.3, 0.4) is 0 Å². The average Bonchev–Trinajstić information content (AvgIpc) is 3.04. The number of piperidine rings is 1. The zero-order valence-corrected chi connectivity index (χ0v) is 18.0. The number of carbonyl (C=O) groups excluding carboxylic acids is 2. The smallest absolute Gasteiger partial charge is 0.254 e. The molecule has 3 heterocycles. The van der Waals surface area contributed by atoms with Gasteiger partial charge in [0.05, 0.1) is 11.5 Å². The average molecular weight is 400 g/mol. The highest BCUT2D eigenvalue weighted by molar-refractivity contribution is 7.11. The molecule has 28 heavy (non-hydrogen) atoms. The lowest BCUT2D eigenvalue weighted by molar-refractivity contribution is -0.120. The van der Waals surface area contributed by atoms with Crippen LogP contribution in [0, 0.1) is 12.8 Å². The van der Waals surface area contributed by atoms with E-state index in [0.717, 1.165) is 49.2 Å². The van der Waals surface area contributed by atoms with Crippen molar-refractivity contribution in [3.8, 4) is 0 Å². The monoisotopic (exact) mass is 399 g/mol. The highest BCUT2D eigenvalue weighted by Gasteiger charge is 2.25. The van der Waals surface area contributed by atoms with Crippen molar-refractivity contribution in [3.05, 3.63) is 38.6 Å². The molecular formula is C22H29N3O2S. The Bertz CT molecular complexity index is 868. The van der Waals surface area contributed by atoms with Crippen LogP contribution in [0.15, 0.2) is 27.6 Å². The van der Waals surface area contributed by atoms with Gasteiger partial charge in [0.1, 0.15) is 0 Å². The lowest BCUT2D eigenvalue weighted by Crippen LogP contribution is -2.34. The predicted molar refractivity (Wildman–Crippen MR) is 116 cm³/mol. The van der Waals surface area contributed by atoms with Crippen molar-refractivity contribution in [3.63, 3.8) is 0 Å². The third kappa shape index (κ3) is 4.33. The Hall–Kier alpha value is -2.05. The summed E-state index contributed by atoms with van der Waals surface area (Å²) in [6.45, 7) is 10.3. The number of thiophene rings is 1. The molecule has 1 aromatic rings. The molecule has 0 aliphatic carbocycles. The summed E-state index contributed by atoms with van der Waals surface area (Å²) in [5.74, 6) is -0.656. The van der Waals surface area contributed by atoms with E-state index >= 15 is 0 Å². The van der Waals surface area contributed by atoms with Crippen LogP contribution in [-0.4, -0.2) is 37.2 Å². The number of hydrogen-bond acceptors (Lipinski definition) is 4. The first kappa shape index (κ1) is 20.7. The number of amides is 2. The largest absolute Gasteiger partial charge is 0.351 e. The first-order valence-corrected chi connectivity index (χ1v) is 10.9. The van der Waals surface area contributed by atoms with E-state index in [-0.39, 0.29) is 24.3 Å². The molecule has 6 heteroatoms. The van der Waals surface area contributed by atoms with Gasteiger partial charge in [0.25, 0.3) is 11.8 Å². The van der Waals surface area contributed by atoms with E-state index in [4.69, 9.17) is 0 Å². The zero-order valence-electron chi connectivity index (χ0n) is 17.1. The van der Waals surface area contributed by atoms with Gasteiger partial charge in [0.2, 0.25) is 0 Å². The van der Waals surface area contributed by atoms with E-state index in [1.165, 1.54) is 16.0 Å². The molecule has 1 fully saturated rings. The molecule has 1 aromatic heterocycles. The molecule has 2 aliphatic rings. The van der Waals surface area contributed by atoms with Crippen molar-refractivity contribution in [1.29, 1.82) is 0 Å². The van der Waals surface area contributed by atoms with Crippen molar-refractivity contribution >= 4 is 34.4 Å². The normalized spacial score (nSPS) is 19.9. The lowest BCUT2D eigenvalue weighted by atomic mass is 9.94. The quantitative estimate of drug-likeness (QED) is 0.789. The Labute approximate surface area is 171 Å². The Kier molecular flexibility index (Phi) is 6.62. The van der Waals surface area contributed by atoms with Crippen LogP contribution < -0.4 is 10.6 Å². The van der Waals surface area contributed by atoms with E-state index in [0.29, 0.717) is 5.56 Å². The van der Waals surface area contributed by atoms with Gasteiger partial charge in [0, 0.05) is 22.5 Å². The Morgan fingerprint density at radius 2 is 2.00 bits per heavy atom. The van der Waals surface area contributed by atoms with Crippen molar-refractivity contribution in [2.75, 3.05) is 19.6 Å². The van der Waals surface area contributed by atoms with Crippen molar-refractivity contribution in [1.82, 2.24) is 10.6 Å². The molecule has 0 bridgehead atoms. The molecule has 3 rings (SSSR count). The summed E-state index contributed by atoms with van der Waals surface area (Å²) in [5, 5.41) is 8.30. The molecule has 150 valence electrons. The van der Waals surface area contributed by atoms with Crippen molar-refractivity contribution < 1.29 is 9.59 Å². The van der Waals surface area contributed by atoms with Gasteiger partial charge < -0.3 is 10.6 Å². The standard InChI is InChI=1S/C22H29N3O2S/c1-5-17(16-6-8-23-9-7-16)20-15(4)19(12-28-20)21(26)24-11-18-13(2)10-14(3)25-22(18)27/h10,12,18,23H,5-9,11H2,1-4H3,(H,24,26). The van der Waals surface area contributed by atoms with E-state index in [1.807, 2.05) is 32.2 Å². The number of allylic oxidation sites excluding steroid dienone is 2. The van der Waals surface area contributed by atoms with Crippen LogP contribution in [0.5, 0.6) is 0 Å². The van der Waals surface area contributed by atoms with Gasteiger partial charge in [-0.2, -0.15) is 0 Å². The molecule has 5 nitrogen and oxygen atoms in total. The SMILES string of the molecule is CCC(=C1CCNCC1)c1scc(C(=O)NCC2C(=O)N=C(C)C=C2C)c1C. The molecule has 0 saturated carbocycles. The zero-order chi connectivity index (χ0) is 20.3. The minimum Gasteiger partial charge on any atom is -0.351 e. The molecule has 2 amide bonds. The number of carbonyl (C=O) groups is 2. The number of hydrogen-bond donors (Lipinski definition) is 2. The summed E-state index contributed by atoms with van der Waals surface area (Å²) in [7, 11) is 0. The van der Waals surface area contributed by atoms with Crippen LogP contribution in [0.1, 0.15) is 60.8 Å². The maximum atomic E-state index is 12.8. The third-order valence-electron chi connectivity index (χ3n) is 5.58. The minimum absolute atomic E-state index is 0.113. The molecule has 0 aromatic carbocycles. The third-order valence-corrected chi connectivity index (χ3v) is 6.72. The van der Waals surface area contributed by atoms with Crippen LogP contribution in [0.2, 0.25) is 0 Å². The molecule has 1 atom stereocenters. The van der Waals surface area contributed by atoms with Gasteiger partial charge in [-0.1, -0.05) is 18.1 Å². The minimum atomic E-state index is -0.367. The highest BCUT2D eigenvalue weighted by Crippen LogP contribution is 2.35. The van der Waals surface area contributed by atoms with Gasteiger partial charge in [-0.05, 0) is 70.3 Å². The van der Waals surface area contributed by atoms with E-state index < -0.39 is 0 Å². The summed E-state index contributed by atoms with van der Waals surface area (Å²) in [5.41, 5.74) is 6.34.